The van der Waals surface area contributed by atoms with Crippen molar-refractivity contribution in [2.45, 2.75) is 0 Å². The topological polar surface area (TPSA) is 46.9 Å². The van der Waals surface area contributed by atoms with Crippen LogP contribution in [0.1, 0.15) is 0 Å². The second-order valence-corrected chi connectivity index (χ2v) is 4.52. The molecule has 4 nitrogen and oxygen atoms in total. The van der Waals surface area contributed by atoms with Crippen molar-refractivity contribution in [3.63, 3.8) is 0 Å². The van der Waals surface area contributed by atoms with Crippen molar-refractivity contribution in [1.29, 1.82) is 0 Å². The summed E-state index contributed by atoms with van der Waals surface area (Å²) < 4.78 is 2.61. The van der Waals surface area contributed by atoms with E-state index in [0.717, 1.165) is 11.1 Å². The molecule has 5 heteroatoms. The number of amides is 1. The molecule has 0 saturated carbocycles. The number of carbonyl (C=O) groups is 1. The van der Waals surface area contributed by atoms with Crippen LogP contribution in [0.4, 0.5) is 10.5 Å². The number of hydrogen-bond donors (Lipinski definition) is 1. The molecule has 0 aliphatic heterocycles. The van der Waals surface area contributed by atoms with Gasteiger partial charge in [-0.15, -0.1) is 11.3 Å². The lowest BCUT2D eigenvalue weighted by Crippen LogP contribution is -2.17. The average molecular weight is 243 g/mol. The van der Waals surface area contributed by atoms with Gasteiger partial charge in [0, 0.05) is 22.8 Å². The first-order valence-corrected chi connectivity index (χ1v) is 5.97. The molecule has 1 amide bonds. The summed E-state index contributed by atoms with van der Waals surface area (Å²) in [7, 11) is 0. The lowest BCUT2D eigenvalue weighted by molar-refractivity contribution is 0.253. The van der Waals surface area contributed by atoms with E-state index in [4.69, 9.17) is 0 Å². The minimum atomic E-state index is -0.211. The van der Waals surface area contributed by atoms with Gasteiger partial charge in [0.25, 0.3) is 0 Å². The molecule has 0 unspecified atom stereocenters. The quantitative estimate of drug-likeness (QED) is 0.713. The smallest absolute Gasteiger partial charge is 0.307 e. The molecule has 84 valence electrons. The molecule has 17 heavy (non-hydrogen) atoms. The minimum Gasteiger partial charge on any atom is -0.307 e. The number of hydrogen-bond acceptors (Lipinski definition) is 3. The molecular formula is C12H9N3OS. The van der Waals surface area contributed by atoms with E-state index in [2.05, 4.69) is 10.3 Å². The summed E-state index contributed by atoms with van der Waals surface area (Å²) in [6.45, 7) is 0. The Morgan fingerprint density at radius 2 is 2.29 bits per heavy atom. The maximum absolute atomic E-state index is 11.8. The number of thiophene rings is 1. The second-order valence-electron chi connectivity index (χ2n) is 3.57. The third-order valence-corrected chi connectivity index (χ3v) is 3.34. The lowest BCUT2D eigenvalue weighted by atomic mass is 10.2. The summed E-state index contributed by atoms with van der Waals surface area (Å²) in [5.74, 6) is 0. The lowest BCUT2D eigenvalue weighted by Gasteiger charge is -2.05. The molecule has 3 rings (SSSR count). The van der Waals surface area contributed by atoms with Crippen molar-refractivity contribution in [1.82, 2.24) is 9.55 Å². The van der Waals surface area contributed by atoms with Crippen LogP contribution < -0.4 is 5.32 Å². The third kappa shape index (κ3) is 1.92. The van der Waals surface area contributed by atoms with Crippen molar-refractivity contribution in [2.24, 2.45) is 0 Å². The van der Waals surface area contributed by atoms with E-state index in [-0.39, 0.29) is 6.03 Å². The molecule has 0 bridgehead atoms. The molecule has 0 saturated heterocycles. The fourth-order valence-electron chi connectivity index (χ4n) is 1.61. The number of carbonyl (C=O) groups excluding carboxylic acids is 1. The van der Waals surface area contributed by atoms with Crippen LogP contribution >= 0.6 is 11.3 Å². The Morgan fingerprint density at radius 1 is 1.35 bits per heavy atom. The van der Waals surface area contributed by atoms with Gasteiger partial charge in [-0.3, -0.25) is 4.57 Å². The molecule has 0 aliphatic carbocycles. The van der Waals surface area contributed by atoms with E-state index in [1.807, 2.05) is 29.6 Å². The summed E-state index contributed by atoms with van der Waals surface area (Å²) in [6, 6.07) is 7.68. The van der Waals surface area contributed by atoms with E-state index in [1.165, 1.54) is 15.6 Å². The molecule has 2 heterocycles. The van der Waals surface area contributed by atoms with E-state index >= 15 is 0 Å². The SMILES string of the molecule is O=C(Nc1ccc2sccc2c1)n1ccnc1. The predicted octanol–water partition coefficient (Wildman–Crippen LogP) is 3.18. The fourth-order valence-corrected chi connectivity index (χ4v) is 2.38. The maximum Gasteiger partial charge on any atom is 0.331 e. The van der Waals surface area contributed by atoms with Crippen LogP contribution in [0.5, 0.6) is 0 Å². The third-order valence-electron chi connectivity index (χ3n) is 2.44. The number of nitrogens with one attached hydrogen (secondary N) is 1. The first-order chi connectivity index (χ1) is 8.33. The highest BCUT2D eigenvalue weighted by atomic mass is 32.1. The average Bonchev–Trinajstić information content (AvgIpc) is 2.99. The van der Waals surface area contributed by atoms with Gasteiger partial charge in [-0.1, -0.05) is 0 Å². The van der Waals surface area contributed by atoms with E-state index < -0.39 is 0 Å². The Bertz CT molecular complexity index is 657. The summed E-state index contributed by atoms with van der Waals surface area (Å²) in [5, 5.41) is 5.99. The molecule has 0 fully saturated rings. The fraction of sp³-hybridized carbons (Fsp3) is 0. The number of anilines is 1. The zero-order valence-electron chi connectivity index (χ0n) is 8.83. The van der Waals surface area contributed by atoms with Gasteiger partial charge in [-0.25, -0.2) is 9.78 Å². The standard InChI is InChI=1S/C12H9N3OS/c16-12(15-5-4-13-8-15)14-10-1-2-11-9(7-10)3-6-17-11/h1-8H,(H,14,16). The molecule has 0 radical (unpaired) electrons. The molecule has 1 N–H and O–H groups in total. The Hall–Kier alpha value is -2.14. The predicted molar refractivity (Wildman–Crippen MR) is 68.5 cm³/mol. The van der Waals surface area contributed by atoms with Crippen molar-refractivity contribution in [3.05, 3.63) is 48.4 Å². The van der Waals surface area contributed by atoms with Gasteiger partial charge in [-0.05, 0) is 35.0 Å². The number of rotatable bonds is 1. The molecule has 0 atom stereocenters. The van der Waals surface area contributed by atoms with E-state index in [9.17, 15) is 4.79 Å². The molecule has 1 aromatic carbocycles. The zero-order chi connectivity index (χ0) is 11.7. The molecule has 3 aromatic rings. The van der Waals surface area contributed by atoms with Crippen LogP contribution in [0.2, 0.25) is 0 Å². The molecule has 0 aliphatic rings. The van der Waals surface area contributed by atoms with Gasteiger partial charge < -0.3 is 5.32 Å². The van der Waals surface area contributed by atoms with Crippen LogP contribution in [-0.2, 0) is 0 Å². The molecule has 2 aromatic heterocycles. The van der Waals surface area contributed by atoms with Crippen LogP contribution in [0.3, 0.4) is 0 Å². The minimum absolute atomic E-state index is 0.211. The summed E-state index contributed by atoms with van der Waals surface area (Å²) in [4.78, 5) is 15.6. The molecular weight excluding hydrogens is 234 g/mol. The van der Waals surface area contributed by atoms with E-state index in [1.54, 1.807) is 23.7 Å². The summed E-state index contributed by atoms with van der Waals surface area (Å²) in [6.07, 6.45) is 4.65. The van der Waals surface area contributed by atoms with Gasteiger partial charge in [-0.2, -0.15) is 0 Å². The van der Waals surface area contributed by atoms with Gasteiger partial charge in [0.15, 0.2) is 0 Å². The van der Waals surface area contributed by atoms with Gasteiger partial charge >= 0.3 is 6.03 Å². The van der Waals surface area contributed by atoms with Gasteiger partial charge in [0.1, 0.15) is 6.33 Å². The van der Waals surface area contributed by atoms with Crippen LogP contribution in [0.15, 0.2) is 48.4 Å². The van der Waals surface area contributed by atoms with Crippen molar-refractivity contribution < 1.29 is 4.79 Å². The highest BCUT2D eigenvalue weighted by Crippen LogP contribution is 2.23. The van der Waals surface area contributed by atoms with Crippen molar-refractivity contribution >= 4 is 33.1 Å². The molecule has 0 spiro atoms. The number of aromatic nitrogens is 2. The van der Waals surface area contributed by atoms with E-state index in [0.29, 0.717) is 0 Å². The van der Waals surface area contributed by atoms with Crippen LogP contribution in [-0.4, -0.2) is 15.6 Å². The second kappa shape index (κ2) is 4.03. The highest BCUT2D eigenvalue weighted by Gasteiger charge is 2.04. The number of imidazole rings is 1. The van der Waals surface area contributed by atoms with Gasteiger partial charge in [0.05, 0.1) is 0 Å². The largest absolute Gasteiger partial charge is 0.331 e. The number of benzene rings is 1. The number of nitrogens with zero attached hydrogens (tertiary/aromatic N) is 2. The number of fused-ring (bicyclic) bond motifs is 1. The normalized spacial score (nSPS) is 10.6. The van der Waals surface area contributed by atoms with Gasteiger partial charge in [0.2, 0.25) is 0 Å². The Kier molecular flexibility index (Phi) is 2.38. The Morgan fingerprint density at radius 3 is 3.12 bits per heavy atom. The summed E-state index contributed by atoms with van der Waals surface area (Å²) in [5.41, 5.74) is 0.787. The summed E-state index contributed by atoms with van der Waals surface area (Å²) >= 11 is 1.68. The van der Waals surface area contributed by atoms with Crippen LogP contribution in [0, 0.1) is 0 Å². The first kappa shape index (κ1) is 10.0. The van der Waals surface area contributed by atoms with Crippen LogP contribution in [0.25, 0.3) is 10.1 Å². The van der Waals surface area contributed by atoms with Crippen molar-refractivity contribution in [3.8, 4) is 0 Å². The first-order valence-electron chi connectivity index (χ1n) is 5.09. The zero-order valence-corrected chi connectivity index (χ0v) is 9.65. The maximum atomic E-state index is 11.8. The Balaban J connectivity index is 1.87. The monoisotopic (exact) mass is 243 g/mol. The Labute approximate surface area is 102 Å². The highest BCUT2D eigenvalue weighted by molar-refractivity contribution is 7.17. The van der Waals surface area contributed by atoms with Crippen molar-refractivity contribution in [2.75, 3.05) is 5.32 Å².